The van der Waals surface area contributed by atoms with Crippen molar-refractivity contribution in [2.75, 3.05) is 14.7 Å². The normalized spacial score (nSPS) is 11.1. The molecule has 0 bridgehead atoms. The fourth-order valence-electron chi connectivity index (χ4n) is 8.82. The van der Waals surface area contributed by atoms with Crippen molar-refractivity contribution in [2.45, 2.75) is 0 Å². The number of hydrogen-bond donors (Lipinski definition) is 0. The Bertz CT molecular complexity index is 3120. The number of rotatable bonds is 11. The third-order valence-corrected chi connectivity index (χ3v) is 11.8. The topological polar surface area (TPSA) is 22.9 Å². The highest BCUT2D eigenvalue weighted by Gasteiger charge is 2.21. The summed E-state index contributed by atoms with van der Waals surface area (Å²) in [7, 11) is 0. The van der Waals surface area contributed by atoms with E-state index in [0.29, 0.717) is 0 Å². The molecule has 304 valence electrons. The highest BCUT2D eigenvalue weighted by atomic mass is 16.3. The lowest BCUT2D eigenvalue weighted by Gasteiger charge is -2.30. The van der Waals surface area contributed by atoms with Crippen LogP contribution in [0.2, 0.25) is 0 Å². The summed E-state index contributed by atoms with van der Waals surface area (Å²) >= 11 is 0. The van der Waals surface area contributed by atoms with E-state index in [1.165, 1.54) is 0 Å². The summed E-state index contributed by atoms with van der Waals surface area (Å²) in [5.41, 5.74) is 15.7. The molecule has 0 saturated heterocycles. The smallest absolute Gasteiger partial charge is 0.143 e. The third kappa shape index (κ3) is 7.44. The summed E-state index contributed by atoms with van der Waals surface area (Å²) < 4.78 is 6.73. The van der Waals surface area contributed by atoms with Crippen LogP contribution in [0.3, 0.4) is 0 Å². The van der Waals surface area contributed by atoms with E-state index in [1.54, 1.807) is 0 Å². The molecular weight excluding hydrogens is 779 g/mol. The summed E-state index contributed by atoms with van der Waals surface area (Å²) in [6.07, 6.45) is 0. The maximum absolute atomic E-state index is 6.73. The maximum Gasteiger partial charge on any atom is 0.143 e. The third-order valence-electron chi connectivity index (χ3n) is 11.8. The van der Waals surface area contributed by atoms with Gasteiger partial charge in [0, 0.05) is 73.6 Å². The largest absolute Gasteiger partial charge is 0.455 e. The maximum atomic E-state index is 6.73. The van der Waals surface area contributed by atoms with Gasteiger partial charge in [0.15, 0.2) is 0 Å². The molecule has 0 unspecified atom stereocenters. The van der Waals surface area contributed by atoms with Crippen LogP contribution in [0.5, 0.6) is 0 Å². The lowest BCUT2D eigenvalue weighted by molar-refractivity contribution is 0.670. The number of anilines is 9. The van der Waals surface area contributed by atoms with Gasteiger partial charge in [0.2, 0.25) is 0 Å². The predicted molar refractivity (Wildman–Crippen MR) is 269 cm³/mol. The van der Waals surface area contributed by atoms with Crippen molar-refractivity contribution in [3.8, 4) is 22.3 Å². The Morgan fingerprint density at radius 2 is 0.641 bits per heavy atom. The van der Waals surface area contributed by atoms with E-state index in [-0.39, 0.29) is 0 Å². The minimum atomic E-state index is 0.848. The fraction of sp³-hybridized carbons (Fsp3) is 0. The Morgan fingerprint density at radius 3 is 1.11 bits per heavy atom. The van der Waals surface area contributed by atoms with Crippen LogP contribution in [-0.4, -0.2) is 0 Å². The molecule has 64 heavy (non-hydrogen) atoms. The van der Waals surface area contributed by atoms with Crippen LogP contribution in [0.4, 0.5) is 51.2 Å². The second-order valence-corrected chi connectivity index (χ2v) is 15.8. The van der Waals surface area contributed by atoms with Gasteiger partial charge in [-0.2, -0.15) is 0 Å². The van der Waals surface area contributed by atoms with Crippen LogP contribution in [0.15, 0.2) is 265 Å². The molecule has 4 nitrogen and oxygen atoms in total. The van der Waals surface area contributed by atoms with Gasteiger partial charge in [0.1, 0.15) is 11.2 Å². The quantitative estimate of drug-likeness (QED) is 0.130. The Balaban J connectivity index is 1.05. The molecule has 10 aromatic carbocycles. The molecule has 0 radical (unpaired) electrons. The molecule has 0 atom stereocenters. The molecule has 0 N–H and O–H groups in total. The van der Waals surface area contributed by atoms with Gasteiger partial charge in [-0.05, 0) is 120 Å². The molecule has 0 saturated carbocycles. The highest BCUT2D eigenvalue weighted by molar-refractivity contribution is 6.10. The number of benzene rings is 10. The Morgan fingerprint density at radius 1 is 0.234 bits per heavy atom. The van der Waals surface area contributed by atoms with Gasteiger partial charge in [0.25, 0.3) is 0 Å². The molecule has 0 spiro atoms. The van der Waals surface area contributed by atoms with E-state index in [2.05, 4.69) is 269 Å². The molecule has 1 heterocycles. The van der Waals surface area contributed by atoms with Crippen LogP contribution in [0, 0.1) is 0 Å². The van der Waals surface area contributed by atoms with Crippen molar-refractivity contribution in [3.05, 3.63) is 261 Å². The van der Waals surface area contributed by atoms with E-state index in [1.807, 2.05) is 6.07 Å². The summed E-state index contributed by atoms with van der Waals surface area (Å²) in [5, 5.41) is 2.20. The van der Waals surface area contributed by atoms with Crippen molar-refractivity contribution < 1.29 is 4.42 Å². The summed E-state index contributed by atoms with van der Waals surface area (Å²) in [6.45, 7) is 0. The second kappa shape index (κ2) is 17.0. The molecule has 0 amide bonds. The molecule has 1 aromatic heterocycles. The number of fused-ring (bicyclic) bond motifs is 3. The molecule has 0 fully saturated rings. The first kappa shape index (κ1) is 38.3. The lowest BCUT2D eigenvalue weighted by Crippen LogP contribution is -2.13. The van der Waals surface area contributed by atoms with Crippen molar-refractivity contribution in [1.82, 2.24) is 0 Å². The first-order valence-electron chi connectivity index (χ1n) is 21.7. The van der Waals surface area contributed by atoms with Crippen LogP contribution < -0.4 is 14.7 Å². The Hall–Kier alpha value is -8.60. The minimum absolute atomic E-state index is 0.848. The predicted octanol–water partition coefficient (Wildman–Crippen LogP) is 17.3. The van der Waals surface area contributed by atoms with Crippen LogP contribution in [0.1, 0.15) is 0 Å². The van der Waals surface area contributed by atoms with Crippen LogP contribution in [-0.2, 0) is 0 Å². The first-order chi connectivity index (χ1) is 31.7. The standard InChI is InChI=1S/C60H43N3O/c1-7-20-45(21-8-1)56-32-19-33-58-57-39-38-53(43-59(57)64-60(56)58)61(47-22-9-2-10-23-47)52-36-34-44(35-37-52)46-40-54(62(48-24-11-3-12-25-48)49-26-13-4-14-27-49)42-55(41-46)63(50-28-15-5-16-29-50)51-30-17-6-18-31-51/h1-43H. The zero-order valence-corrected chi connectivity index (χ0v) is 35.1. The average Bonchev–Trinajstić information content (AvgIpc) is 3.75. The summed E-state index contributed by atoms with van der Waals surface area (Å²) in [4.78, 5) is 6.98. The lowest BCUT2D eigenvalue weighted by atomic mass is 10.0. The average molecular weight is 822 g/mol. The zero-order valence-electron chi connectivity index (χ0n) is 35.1. The Labute approximate surface area is 373 Å². The molecule has 0 aliphatic rings. The van der Waals surface area contributed by atoms with Crippen LogP contribution in [0.25, 0.3) is 44.2 Å². The number of para-hydroxylation sites is 6. The van der Waals surface area contributed by atoms with Gasteiger partial charge in [-0.1, -0.05) is 152 Å². The van der Waals surface area contributed by atoms with Gasteiger partial charge in [-0.15, -0.1) is 0 Å². The van der Waals surface area contributed by atoms with Gasteiger partial charge in [0.05, 0.1) is 0 Å². The SMILES string of the molecule is c1ccc(-c2cccc3c2oc2cc(N(c4ccccc4)c4ccc(-c5cc(N(c6ccccc6)c6ccccc6)cc(N(c6ccccc6)c6ccccc6)c5)cc4)ccc23)cc1. The number of furan rings is 1. The zero-order chi connectivity index (χ0) is 42.7. The van der Waals surface area contributed by atoms with E-state index in [9.17, 15) is 0 Å². The monoisotopic (exact) mass is 821 g/mol. The van der Waals surface area contributed by atoms with E-state index < -0.39 is 0 Å². The summed E-state index contributed by atoms with van der Waals surface area (Å²) in [5.74, 6) is 0. The van der Waals surface area contributed by atoms with Gasteiger partial charge >= 0.3 is 0 Å². The number of nitrogens with zero attached hydrogens (tertiary/aromatic N) is 3. The molecule has 4 heteroatoms. The molecule has 0 aliphatic carbocycles. The minimum Gasteiger partial charge on any atom is -0.455 e. The van der Waals surface area contributed by atoms with Crippen molar-refractivity contribution in [1.29, 1.82) is 0 Å². The van der Waals surface area contributed by atoms with Crippen molar-refractivity contribution >= 4 is 73.1 Å². The molecule has 11 aromatic rings. The van der Waals surface area contributed by atoms with E-state index in [4.69, 9.17) is 4.42 Å². The summed E-state index contributed by atoms with van der Waals surface area (Å²) in [6, 6.07) is 92.2. The molecule has 11 rings (SSSR count). The Kier molecular flexibility index (Phi) is 10.2. The number of hydrogen-bond acceptors (Lipinski definition) is 4. The first-order valence-corrected chi connectivity index (χ1v) is 21.7. The fourth-order valence-corrected chi connectivity index (χ4v) is 8.82. The van der Waals surface area contributed by atoms with Crippen LogP contribution >= 0.6 is 0 Å². The van der Waals surface area contributed by atoms with Gasteiger partial charge in [-0.25, -0.2) is 0 Å². The highest BCUT2D eigenvalue weighted by Crippen LogP contribution is 2.45. The second-order valence-electron chi connectivity index (χ2n) is 15.8. The van der Waals surface area contributed by atoms with E-state index >= 15 is 0 Å². The molecular formula is C60H43N3O. The van der Waals surface area contributed by atoms with Gasteiger partial charge < -0.3 is 19.1 Å². The van der Waals surface area contributed by atoms with Crippen molar-refractivity contribution in [2.24, 2.45) is 0 Å². The molecule has 0 aliphatic heterocycles. The van der Waals surface area contributed by atoms with Crippen molar-refractivity contribution in [3.63, 3.8) is 0 Å². The van der Waals surface area contributed by atoms with Gasteiger partial charge in [-0.3, -0.25) is 0 Å². The van der Waals surface area contributed by atoms with E-state index in [0.717, 1.165) is 95.4 Å².